The molecule has 0 aliphatic rings. The Labute approximate surface area is 118 Å². The van der Waals surface area contributed by atoms with E-state index in [1.807, 2.05) is 30.8 Å². The number of carbonyl (C=O) groups excluding carboxylic acids is 1. The highest BCUT2D eigenvalue weighted by Gasteiger charge is 2.11. The van der Waals surface area contributed by atoms with Crippen LogP contribution in [0.5, 0.6) is 0 Å². The van der Waals surface area contributed by atoms with Gasteiger partial charge < -0.3 is 15.3 Å². The first-order valence-electron chi connectivity index (χ1n) is 7.31. The summed E-state index contributed by atoms with van der Waals surface area (Å²) in [5.74, 6) is 0.106. The molecule has 2 N–H and O–H groups in total. The lowest BCUT2D eigenvalue weighted by Gasteiger charge is -2.25. The molecule has 0 aliphatic carbocycles. The maximum absolute atomic E-state index is 11.6. The number of carbonyl (C=O) groups is 1. The number of hydrogen-bond acceptors (Lipinski definition) is 4. The van der Waals surface area contributed by atoms with E-state index in [2.05, 4.69) is 12.2 Å². The van der Waals surface area contributed by atoms with Crippen molar-refractivity contribution in [1.29, 1.82) is 0 Å². The van der Waals surface area contributed by atoms with Crippen molar-refractivity contribution in [1.82, 2.24) is 15.1 Å². The fourth-order valence-electron chi connectivity index (χ4n) is 1.91. The fraction of sp³-hybridized carbons (Fsp3) is 0.929. The molecule has 0 fully saturated rings. The van der Waals surface area contributed by atoms with E-state index in [9.17, 15) is 9.90 Å². The Hall–Kier alpha value is -0.650. The molecule has 0 bridgehead atoms. The van der Waals surface area contributed by atoms with Crippen LogP contribution in [0.15, 0.2) is 0 Å². The largest absolute Gasteiger partial charge is 0.390 e. The quantitative estimate of drug-likeness (QED) is 0.433. The van der Waals surface area contributed by atoms with Gasteiger partial charge in [-0.3, -0.25) is 9.69 Å². The van der Waals surface area contributed by atoms with Crippen LogP contribution in [0.2, 0.25) is 0 Å². The number of amides is 1. The van der Waals surface area contributed by atoms with E-state index in [0.717, 1.165) is 25.8 Å². The number of unbranched alkanes of at least 4 members (excludes halogenated alkanes) is 2. The minimum absolute atomic E-state index is 0.106. The molecule has 0 saturated carbocycles. The van der Waals surface area contributed by atoms with Crippen molar-refractivity contribution in [3.05, 3.63) is 0 Å². The number of aliphatic hydroxyl groups is 1. The molecule has 5 heteroatoms. The number of hydrogen-bond donors (Lipinski definition) is 2. The van der Waals surface area contributed by atoms with Crippen molar-refractivity contribution in [3.8, 4) is 0 Å². The van der Waals surface area contributed by atoms with E-state index in [4.69, 9.17) is 0 Å². The molecular formula is C14H31N3O2. The molecule has 1 unspecified atom stereocenters. The smallest absolute Gasteiger partial charge is 0.220 e. The molecule has 0 aromatic carbocycles. The van der Waals surface area contributed by atoms with E-state index < -0.39 is 0 Å². The van der Waals surface area contributed by atoms with Crippen LogP contribution in [0.3, 0.4) is 0 Å². The van der Waals surface area contributed by atoms with Gasteiger partial charge in [-0.15, -0.1) is 0 Å². The Morgan fingerprint density at radius 3 is 2.42 bits per heavy atom. The van der Waals surface area contributed by atoms with Gasteiger partial charge in [-0.2, -0.15) is 0 Å². The fourth-order valence-corrected chi connectivity index (χ4v) is 1.91. The molecule has 0 radical (unpaired) electrons. The molecule has 1 amide bonds. The summed E-state index contributed by atoms with van der Waals surface area (Å²) in [7, 11) is 3.88. The Morgan fingerprint density at radius 2 is 1.89 bits per heavy atom. The first kappa shape index (κ1) is 18.4. The van der Waals surface area contributed by atoms with Crippen molar-refractivity contribution in [3.63, 3.8) is 0 Å². The molecule has 0 spiro atoms. The number of likely N-dealkylation sites (N-methyl/N-ethyl adjacent to an activating group) is 2. The summed E-state index contributed by atoms with van der Waals surface area (Å²) in [6.07, 6.45) is 3.41. The Balaban J connectivity index is 3.83. The zero-order chi connectivity index (χ0) is 14.7. The van der Waals surface area contributed by atoms with Crippen molar-refractivity contribution in [2.45, 2.75) is 45.6 Å². The number of rotatable bonds is 11. The summed E-state index contributed by atoms with van der Waals surface area (Å²) in [5.41, 5.74) is 0. The summed E-state index contributed by atoms with van der Waals surface area (Å²) in [6, 6.07) is 0. The summed E-state index contributed by atoms with van der Waals surface area (Å²) in [6.45, 7) is 6.73. The molecule has 0 aliphatic heterocycles. The lowest BCUT2D eigenvalue weighted by Crippen LogP contribution is -2.43. The van der Waals surface area contributed by atoms with Crippen LogP contribution in [0.1, 0.15) is 39.5 Å². The Kier molecular flexibility index (Phi) is 10.8. The van der Waals surface area contributed by atoms with Crippen molar-refractivity contribution < 1.29 is 9.90 Å². The molecule has 19 heavy (non-hydrogen) atoms. The van der Waals surface area contributed by atoms with Crippen LogP contribution in [0, 0.1) is 0 Å². The van der Waals surface area contributed by atoms with Crippen LogP contribution in [-0.4, -0.2) is 67.3 Å². The van der Waals surface area contributed by atoms with Gasteiger partial charge in [0.25, 0.3) is 0 Å². The third kappa shape index (κ3) is 10.9. The minimum atomic E-state index is -0.382. The molecule has 1 atom stereocenters. The van der Waals surface area contributed by atoms with Crippen molar-refractivity contribution in [2.24, 2.45) is 0 Å². The highest BCUT2D eigenvalue weighted by molar-refractivity contribution is 5.75. The zero-order valence-electron chi connectivity index (χ0n) is 13.0. The topological polar surface area (TPSA) is 55.8 Å². The lowest BCUT2D eigenvalue weighted by molar-refractivity contribution is -0.122. The molecule has 0 saturated heterocycles. The Morgan fingerprint density at radius 1 is 1.21 bits per heavy atom. The number of aliphatic hydroxyl groups excluding tert-OH is 1. The van der Waals surface area contributed by atoms with Crippen LogP contribution >= 0.6 is 0 Å². The number of nitrogens with zero attached hydrogens (tertiary/aromatic N) is 2. The minimum Gasteiger partial charge on any atom is -0.390 e. The first-order valence-corrected chi connectivity index (χ1v) is 7.31. The standard InChI is InChI=1S/C14H31N3O2/c1-5-7-8-9-14(19)15-12-17(6-2)11-13(18)10-16(3)4/h13,18H,5-12H2,1-4H3,(H,15,19). The van der Waals surface area contributed by atoms with Crippen LogP contribution in [0.4, 0.5) is 0 Å². The van der Waals surface area contributed by atoms with E-state index in [0.29, 0.717) is 26.2 Å². The Bertz CT molecular complexity index is 235. The predicted molar refractivity (Wildman–Crippen MR) is 79.0 cm³/mol. The van der Waals surface area contributed by atoms with E-state index in [1.54, 1.807) is 0 Å². The second-order valence-electron chi connectivity index (χ2n) is 5.30. The van der Waals surface area contributed by atoms with Crippen molar-refractivity contribution >= 4 is 5.91 Å². The normalized spacial score (nSPS) is 13.0. The molecule has 0 aromatic rings. The predicted octanol–water partition coefficient (Wildman–Crippen LogP) is 0.885. The van der Waals surface area contributed by atoms with Crippen LogP contribution < -0.4 is 5.32 Å². The molecule has 0 aromatic heterocycles. The second-order valence-corrected chi connectivity index (χ2v) is 5.30. The third-order valence-corrected chi connectivity index (χ3v) is 3.00. The van der Waals surface area contributed by atoms with Gasteiger partial charge in [-0.1, -0.05) is 26.7 Å². The maximum atomic E-state index is 11.6. The molecule has 5 nitrogen and oxygen atoms in total. The van der Waals surface area contributed by atoms with Gasteiger partial charge in [-0.05, 0) is 27.1 Å². The average molecular weight is 273 g/mol. The van der Waals surface area contributed by atoms with Gasteiger partial charge in [0.2, 0.25) is 5.91 Å². The summed E-state index contributed by atoms with van der Waals surface area (Å²) in [5, 5.41) is 12.8. The van der Waals surface area contributed by atoms with Gasteiger partial charge >= 0.3 is 0 Å². The summed E-state index contributed by atoms with van der Waals surface area (Å²) >= 11 is 0. The molecular weight excluding hydrogens is 242 g/mol. The molecule has 114 valence electrons. The van der Waals surface area contributed by atoms with E-state index in [-0.39, 0.29) is 12.0 Å². The van der Waals surface area contributed by atoms with Gasteiger partial charge in [0.1, 0.15) is 0 Å². The maximum Gasteiger partial charge on any atom is 0.220 e. The zero-order valence-corrected chi connectivity index (χ0v) is 13.0. The monoisotopic (exact) mass is 273 g/mol. The highest BCUT2D eigenvalue weighted by Crippen LogP contribution is 1.99. The lowest BCUT2D eigenvalue weighted by atomic mass is 10.2. The second kappa shape index (κ2) is 11.2. The number of nitrogens with one attached hydrogen (secondary N) is 1. The highest BCUT2D eigenvalue weighted by atomic mass is 16.3. The summed E-state index contributed by atoms with van der Waals surface area (Å²) < 4.78 is 0. The third-order valence-electron chi connectivity index (χ3n) is 3.00. The van der Waals surface area contributed by atoms with Crippen LogP contribution in [-0.2, 0) is 4.79 Å². The van der Waals surface area contributed by atoms with Gasteiger partial charge in [0.05, 0.1) is 12.8 Å². The SMILES string of the molecule is CCCCCC(=O)NCN(CC)CC(O)CN(C)C. The van der Waals surface area contributed by atoms with Gasteiger partial charge in [-0.25, -0.2) is 0 Å². The van der Waals surface area contributed by atoms with Crippen molar-refractivity contribution in [2.75, 3.05) is 40.4 Å². The van der Waals surface area contributed by atoms with Gasteiger partial charge in [0, 0.05) is 19.5 Å². The molecule has 0 rings (SSSR count). The van der Waals surface area contributed by atoms with Crippen LogP contribution in [0.25, 0.3) is 0 Å². The average Bonchev–Trinajstić information content (AvgIpc) is 2.33. The van der Waals surface area contributed by atoms with Gasteiger partial charge in [0.15, 0.2) is 0 Å². The first-order chi connectivity index (χ1) is 8.99. The molecule has 0 heterocycles. The van der Waals surface area contributed by atoms with E-state index in [1.165, 1.54) is 0 Å². The van der Waals surface area contributed by atoms with E-state index >= 15 is 0 Å². The summed E-state index contributed by atoms with van der Waals surface area (Å²) in [4.78, 5) is 15.6.